The molecule has 2 aliphatic carbocycles. The number of hydrogen-bond donors (Lipinski definition) is 1. The number of benzene rings is 1. The lowest BCUT2D eigenvalue weighted by molar-refractivity contribution is -0.0634. The van der Waals surface area contributed by atoms with Crippen LogP contribution in [-0.2, 0) is 5.60 Å². The maximum absolute atomic E-state index is 11.8. The van der Waals surface area contributed by atoms with E-state index in [0.717, 1.165) is 37.3 Å². The van der Waals surface area contributed by atoms with Crippen molar-refractivity contribution in [1.82, 2.24) is 4.90 Å². The second-order valence-electron chi connectivity index (χ2n) is 8.17. The molecule has 3 unspecified atom stereocenters. The molecule has 1 aromatic carbocycles. The summed E-state index contributed by atoms with van der Waals surface area (Å²) in [4.78, 5) is 2.56. The van der Waals surface area contributed by atoms with Crippen LogP contribution in [0.1, 0.15) is 50.5 Å². The van der Waals surface area contributed by atoms with Crippen molar-refractivity contribution in [3.8, 4) is 0 Å². The van der Waals surface area contributed by atoms with E-state index in [0.29, 0.717) is 11.8 Å². The van der Waals surface area contributed by atoms with Crippen LogP contribution in [0.2, 0.25) is 0 Å². The van der Waals surface area contributed by atoms with E-state index in [1.165, 1.54) is 38.8 Å². The monoisotopic (exact) mass is 325 g/mol. The first-order chi connectivity index (χ1) is 11.8. The molecule has 24 heavy (non-hydrogen) atoms. The van der Waals surface area contributed by atoms with E-state index in [1.807, 2.05) is 0 Å². The van der Waals surface area contributed by atoms with Gasteiger partial charge in [0.1, 0.15) is 0 Å². The number of rotatable bonds is 5. The maximum Gasteiger partial charge on any atom is 0.0936 e. The number of nitrogens with zero attached hydrogens (tertiary/aromatic N) is 1. The van der Waals surface area contributed by atoms with Crippen LogP contribution in [0.3, 0.4) is 0 Å². The molecule has 1 saturated heterocycles. The average Bonchev–Trinajstić information content (AvgIpc) is 2.62. The predicted molar refractivity (Wildman–Crippen MR) is 98.7 cm³/mol. The normalized spacial score (nSPS) is 32.6. The van der Waals surface area contributed by atoms with Gasteiger partial charge in [0, 0.05) is 6.54 Å². The Morgan fingerprint density at radius 3 is 2.38 bits per heavy atom. The molecule has 0 spiro atoms. The van der Waals surface area contributed by atoms with Crippen molar-refractivity contribution in [2.75, 3.05) is 19.6 Å². The standard InChI is InChI=1S/C22H31NO/c24-22(20-7-3-1-4-8-20,13-16-23-14-5-2-6-15-23)21-12-11-18-9-10-19(18)17-21/h1,3-4,7-10,18-19,21,24H,2,5-6,11-17H2/t18?,19?,21?,22-/m1/s1. The van der Waals surface area contributed by atoms with Gasteiger partial charge in [-0.2, -0.15) is 0 Å². The Bertz CT molecular complexity index is 563. The van der Waals surface area contributed by atoms with Gasteiger partial charge in [-0.25, -0.2) is 0 Å². The van der Waals surface area contributed by atoms with Gasteiger partial charge in [-0.1, -0.05) is 48.9 Å². The van der Waals surface area contributed by atoms with Crippen LogP contribution >= 0.6 is 0 Å². The van der Waals surface area contributed by atoms with E-state index in [2.05, 4.69) is 47.4 Å². The summed E-state index contributed by atoms with van der Waals surface area (Å²) < 4.78 is 0. The smallest absolute Gasteiger partial charge is 0.0936 e. The van der Waals surface area contributed by atoms with Gasteiger partial charge in [-0.05, 0) is 74.9 Å². The summed E-state index contributed by atoms with van der Waals surface area (Å²) in [5, 5.41) is 11.8. The molecule has 4 atom stereocenters. The topological polar surface area (TPSA) is 23.5 Å². The molecule has 0 amide bonds. The van der Waals surface area contributed by atoms with Crippen LogP contribution in [0.5, 0.6) is 0 Å². The quantitative estimate of drug-likeness (QED) is 0.814. The van der Waals surface area contributed by atoms with Crippen molar-refractivity contribution in [1.29, 1.82) is 0 Å². The first kappa shape index (κ1) is 16.4. The zero-order valence-corrected chi connectivity index (χ0v) is 14.7. The van der Waals surface area contributed by atoms with Crippen LogP contribution < -0.4 is 0 Å². The molecule has 2 nitrogen and oxygen atoms in total. The van der Waals surface area contributed by atoms with Gasteiger partial charge in [-0.15, -0.1) is 0 Å². The second-order valence-corrected chi connectivity index (χ2v) is 8.17. The highest BCUT2D eigenvalue weighted by Crippen LogP contribution is 2.48. The molecule has 1 heterocycles. The Morgan fingerprint density at radius 2 is 1.71 bits per heavy atom. The van der Waals surface area contributed by atoms with E-state index in [1.54, 1.807) is 0 Å². The summed E-state index contributed by atoms with van der Waals surface area (Å²) in [6, 6.07) is 10.5. The Hall–Kier alpha value is -1.12. The van der Waals surface area contributed by atoms with Gasteiger partial charge in [-0.3, -0.25) is 0 Å². The number of likely N-dealkylation sites (tertiary alicyclic amines) is 1. The number of hydrogen-bond acceptors (Lipinski definition) is 2. The van der Waals surface area contributed by atoms with Crippen molar-refractivity contribution in [2.24, 2.45) is 17.8 Å². The number of aliphatic hydroxyl groups is 1. The van der Waals surface area contributed by atoms with E-state index >= 15 is 0 Å². The number of fused-ring (bicyclic) bond motifs is 1. The summed E-state index contributed by atoms with van der Waals surface area (Å²) in [5.74, 6) is 1.91. The second kappa shape index (κ2) is 7.01. The Labute approximate surface area is 146 Å². The Balaban J connectivity index is 1.51. The van der Waals surface area contributed by atoms with Gasteiger partial charge in [0.15, 0.2) is 0 Å². The number of allylic oxidation sites excluding steroid dienone is 2. The number of piperidine rings is 1. The van der Waals surface area contributed by atoms with Crippen LogP contribution in [0, 0.1) is 17.8 Å². The molecule has 0 aromatic heterocycles. The summed E-state index contributed by atoms with van der Waals surface area (Å²) >= 11 is 0. The first-order valence-electron chi connectivity index (χ1n) is 9.94. The predicted octanol–water partition coefficient (Wildman–Crippen LogP) is 4.35. The fraction of sp³-hybridized carbons (Fsp3) is 0.636. The molecule has 3 aliphatic rings. The highest BCUT2D eigenvalue weighted by atomic mass is 16.3. The van der Waals surface area contributed by atoms with Crippen molar-refractivity contribution in [2.45, 2.75) is 50.5 Å². The molecule has 0 bridgehead atoms. The molecule has 0 radical (unpaired) electrons. The minimum atomic E-state index is -0.660. The third kappa shape index (κ3) is 3.19. The largest absolute Gasteiger partial charge is 0.385 e. The summed E-state index contributed by atoms with van der Waals surface area (Å²) in [6.45, 7) is 3.46. The molecule has 130 valence electrons. The van der Waals surface area contributed by atoms with Crippen LogP contribution in [-0.4, -0.2) is 29.6 Å². The van der Waals surface area contributed by atoms with Gasteiger partial charge >= 0.3 is 0 Å². The molecule has 1 aromatic rings. The molecule has 1 aliphatic heterocycles. The van der Waals surface area contributed by atoms with Gasteiger partial charge in [0.05, 0.1) is 5.60 Å². The van der Waals surface area contributed by atoms with Crippen LogP contribution in [0.25, 0.3) is 0 Å². The van der Waals surface area contributed by atoms with Gasteiger partial charge < -0.3 is 10.0 Å². The molecule has 4 rings (SSSR count). The minimum absolute atomic E-state index is 0.399. The van der Waals surface area contributed by atoms with Crippen molar-refractivity contribution in [3.63, 3.8) is 0 Å². The lowest BCUT2D eigenvalue weighted by atomic mass is 9.62. The third-order valence-electron chi connectivity index (χ3n) is 6.77. The molecule has 2 fully saturated rings. The average molecular weight is 325 g/mol. The van der Waals surface area contributed by atoms with Crippen molar-refractivity contribution in [3.05, 3.63) is 48.0 Å². The zero-order chi connectivity index (χ0) is 16.4. The lowest BCUT2D eigenvalue weighted by Crippen LogP contribution is -2.44. The molecular formula is C22H31NO. The first-order valence-corrected chi connectivity index (χ1v) is 9.94. The highest BCUT2D eigenvalue weighted by Gasteiger charge is 2.44. The third-order valence-corrected chi connectivity index (χ3v) is 6.77. The van der Waals surface area contributed by atoms with E-state index in [4.69, 9.17) is 0 Å². The zero-order valence-electron chi connectivity index (χ0n) is 14.7. The SMILES string of the molecule is O[C@](CCN1CCCCC1)(c1ccccc1)C1CCC2C=CC2C1. The highest BCUT2D eigenvalue weighted by molar-refractivity contribution is 5.25. The molecule has 1 N–H and O–H groups in total. The van der Waals surface area contributed by atoms with E-state index in [9.17, 15) is 5.11 Å². The molecule has 1 saturated carbocycles. The summed E-state index contributed by atoms with van der Waals surface area (Å²) in [7, 11) is 0. The van der Waals surface area contributed by atoms with Crippen molar-refractivity contribution >= 4 is 0 Å². The van der Waals surface area contributed by atoms with Gasteiger partial charge in [0.25, 0.3) is 0 Å². The fourth-order valence-corrected chi connectivity index (χ4v) is 5.09. The van der Waals surface area contributed by atoms with Crippen molar-refractivity contribution < 1.29 is 5.11 Å². The lowest BCUT2D eigenvalue weighted by Gasteiger charge is -2.46. The maximum atomic E-state index is 11.8. The Kier molecular flexibility index (Phi) is 4.78. The fourth-order valence-electron chi connectivity index (χ4n) is 5.09. The van der Waals surface area contributed by atoms with Crippen LogP contribution in [0.4, 0.5) is 0 Å². The van der Waals surface area contributed by atoms with Gasteiger partial charge in [0.2, 0.25) is 0 Å². The van der Waals surface area contributed by atoms with E-state index < -0.39 is 5.60 Å². The Morgan fingerprint density at radius 1 is 0.958 bits per heavy atom. The summed E-state index contributed by atoms with van der Waals surface area (Å²) in [5.41, 5.74) is 0.473. The molecule has 2 heteroatoms. The minimum Gasteiger partial charge on any atom is -0.385 e. The van der Waals surface area contributed by atoms with E-state index in [-0.39, 0.29) is 0 Å². The molecular weight excluding hydrogens is 294 g/mol. The van der Waals surface area contributed by atoms with Crippen LogP contribution in [0.15, 0.2) is 42.5 Å². The summed E-state index contributed by atoms with van der Waals surface area (Å²) in [6.07, 6.45) is 13.2.